The predicted molar refractivity (Wildman–Crippen MR) is 117 cm³/mol. The molecular weight excluding hydrogens is 407 g/mol. The molecule has 0 spiro atoms. The van der Waals surface area contributed by atoms with E-state index >= 15 is 0 Å². The van der Waals surface area contributed by atoms with Crippen molar-refractivity contribution in [1.82, 2.24) is 4.98 Å². The molecule has 0 aliphatic rings. The first kappa shape index (κ1) is 19.2. The smallest absolute Gasteiger partial charge is 0.256 e. The third kappa shape index (κ3) is 4.19. The Morgan fingerprint density at radius 1 is 0.966 bits per heavy atom. The molecule has 4 nitrogen and oxygen atoms in total. The summed E-state index contributed by atoms with van der Waals surface area (Å²) in [6.45, 7) is 1.91. The Bertz CT molecular complexity index is 1180. The number of rotatable bonds is 4. The van der Waals surface area contributed by atoms with Crippen LogP contribution in [0.1, 0.15) is 15.9 Å². The van der Waals surface area contributed by atoms with E-state index in [-0.39, 0.29) is 5.91 Å². The van der Waals surface area contributed by atoms with Gasteiger partial charge in [0.05, 0.1) is 11.8 Å². The van der Waals surface area contributed by atoms with Gasteiger partial charge in [-0.15, -0.1) is 0 Å². The van der Waals surface area contributed by atoms with Gasteiger partial charge >= 0.3 is 0 Å². The highest BCUT2D eigenvalue weighted by Crippen LogP contribution is 2.30. The highest BCUT2D eigenvalue weighted by molar-refractivity contribution is 6.31. The van der Waals surface area contributed by atoms with E-state index in [1.54, 1.807) is 48.7 Å². The molecule has 0 fully saturated rings. The Kier molecular flexibility index (Phi) is 5.38. The molecule has 1 N–H and O–H groups in total. The summed E-state index contributed by atoms with van der Waals surface area (Å²) in [4.78, 5) is 17.3. The van der Waals surface area contributed by atoms with Crippen molar-refractivity contribution in [3.05, 3.63) is 94.1 Å². The van der Waals surface area contributed by atoms with Gasteiger partial charge < -0.3 is 9.73 Å². The molecule has 0 saturated carbocycles. The third-order valence-electron chi connectivity index (χ3n) is 4.48. The number of aromatic nitrogens is 1. The minimum atomic E-state index is -0.266. The highest BCUT2D eigenvalue weighted by Gasteiger charge is 2.17. The van der Waals surface area contributed by atoms with Crippen molar-refractivity contribution in [2.24, 2.45) is 0 Å². The normalized spacial score (nSPS) is 10.7. The first-order chi connectivity index (χ1) is 14.0. The van der Waals surface area contributed by atoms with E-state index in [2.05, 4.69) is 10.3 Å². The van der Waals surface area contributed by atoms with Gasteiger partial charge in [0.15, 0.2) is 5.76 Å². The SMILES string of the molecule is Cc1ccc(Cl)cc1NC(=O)c1ccccc1-c1ncc(-c2ccc(Cl)cc2)o1. The van der Waals surface area contributed by atoms with Crippen LogP contribution < -0.4 is 5.32 Å². The van der Waals surface area contributed by atoms with Crippen LogP contribution in [-0.4, -0.2) is 10.9 Å². The van der Waals surface area contributed by atoms with Gasteiger partial charge in [0.1, 0.15) is 0 Å². The van der Waals surface area contributed by atoms with Crippen LogP contribution in [0.2, 0.25) is 10.0 Å². The van der Waals surface area contributed by atoms with Gasteiger partial charge in [0.2, 0.25) is 5.89 Å². The summed E-state index contributed by atoms with van der Waals surface area (Å²) in [6.07, 6.45) is 1.63. The van der Waals surface area contributed by atoms with Crippen LogP contribution >= 0.6 is 23.2 Å². The van der Waals surface area contributed by atoms with Crippen LogP contribution in [-0.2, 0) is 0 Å². The second-order valence-electron chi connectivity index (χ2n) is 6.50. The van der Waals surface area contributed by atoms with Gasteiger partial charge in [-0.1, -0.05) is 41.4 Å². The Labute approximate surface area is 178 Å². The Balaban J connectivity index is 1.66. The quantitative estimate of drug-likeness (QED) is 0.389. The number of halogens is 2. The lowest BCUT2D eigenvalue weighted by Crippen LogP contribution is -2.14. The summed E-state index contributed by atoms with van der Waals surface area (Å²) >= 11 is 12.0. The molecule has 4 aromatic rings. The monoisotopic (exact) mass is 422 g/mol. The van der Waals surface area contributed by atoms with Crippen molar-refractivity contribution < 1.29 is 9.21 Å². The highest BCUT2D eigenvalue weighted by atomic mass is 35.5. The third-order valence-corrected chi connectivity index (χ3v) is 4.97. The molecule has 0 aliphatic heterocycles. The molecule has 0 bridgehead atoms. The number of nitrogens with zero attached hydrogens (tertiary/aromatic N) is 1. The van der Waals surface area contributed by atoms with Crippen LogP contribution in [0, 0.1) is 6.92 Å². The fourth-order valence-corrected chi connectivity index (χ4v) is 3.23. The van der Waals surface area contributed by atoms with Crippen molar-refractivity contribution in [2.45, 2.75) is 6.92 Å². The number of amides is 1. The van der Waals surface area contributed by atoms with Crippen LogP contribution in [0.4, 0.5) is 5.69 Å². The maximum Gasteiger partial charge on any atom is 0.256 e. The summed E-state index contributed by atoms with van der Waals surface area (Å²) < 4.78 is 5.92. The fraction of sp³-hybridized carbons (Fsp3) is 0.0435. The number of carbonyl (C=O) groups is 1. The minimum Gasteiger partial charge on any atom is -0.436 e. The standard InChI is InChI=1S/C23H16Cl2N2O2/c1-14-6-9-17(25)12-20(14)27-22(28)18-4-2-3-5-19(18)23-26-13-21(29-23)15-7-10-16(24)11-8-15/h2-13H,1H3,(H,27,28). The molecule has 0 aliphatic carbocycles. The zero-order valence-electron chi connectivity index (χ0n) is 15.4. The predicted octanol–water partition coefficient (Wildman–Crippen LogP) is 6.88. The van der Waals surface area contributed by atoms with Gasteiger partial charge in [-0.3, -0.25) is 4.79 Å². The zero-order chi connectivity index (χ0) is 20.4. The van der Waals surface area contributed by atoms with Crippen molar-refractivity contribution >= 4 is 34.8 Å². The maximum absolute atomic E-state index is 12.9. The number of aryl methyl sites for hydroxylation is 1. The van der Waals surface area contributed by atoms with Gasteiger partial charge in [0, 0.05) is 26.9 Å². The van der Waals surface area contributed by atoms with E-state index in [9.17, 15) is 4.79 Å². The van der Waals surface area contributed by atoms with Crippen molar-refractivity contribution in [3.8, 4) is 22.8 Å². The Morgan fingerprint density at radius 2 is 1.69 bits per heavy atom. The lowest BCUT2D eigenvalue weighted by Gasteiger charge is -2.11. The molecule has 1 amide bonds. The number of nitrogens with one attached hydrogen (secondary N) is 1. The lowest BCUT2D eigenvalue weighted by molar-refractivity contribution is 0.102. The fourth-order valence-electron chi connectivity index (χ4n) is 2.93. The molecule has 4 rings (SSSR count). The summed E-state index contributed by atoms with van der Waals surface area (Å²) in [6, 6.07) is 19.8. The molecule has 3 aromatic carbocycles. The molecular formula is C23H16Cl2N2O2. The molecule has 29 heavy (non-hydrogen) atoms. The average Bonchev–Trinajstić information content (AvgIpc) is 3.21. The first-order valence-corrected chi connectivity index (χ1v) is 9.65. The Hall–Kier alpha value is -3.08. The van der Waals surface area contributed by atoms with Gasteiger partial charge in [-0.2, -0.15) is 0 Å². The van der Waals surface area contributed by atoms with Crippen molar-refractivity contribution in [3.63, 3.8) is 0 Å². The van der Waals surface area contributed by atoms with Crippen LogP contribution in [0.15, 0.2) is 77.3 Å². The number of hydrogen-bond donors (Lipinski definition) is 1. The van der Waals surface area contributed by atoms with Crippen molar-refractivity contribution in [1.29, 1.82) is 0 Å². The molecule has 1 heterocycles. The van der Waals surface area contributed by atoms with Crippen LogP contribution in [0.25, 0.3) is 22.8 Å². The topological polar surface area (TPSA) is 55.1 Å². The lowest BCUT2D eigenvalue weighted by atomic mass is 10.1. The van der Waals surface area contributed by atoms with Gasteiger partial charge in [-0.05, 0) is 61.0 Å². The molecule has 1 aromatic heterocycles. The largest absolute Gasteiger partial charge is 0.436 e. The Morgan fingerprint density at radius 3 is 2.48 bits per heavy atom. The van der Waals surface area contributed by atoms with E-state index in [4.69, 9.17) is 27.6 Å². The number of anilines is 1. The van der Waals surface area contributed by atoms with E-state index in [1.165, 1.54) is 0 Å². The molecule has 0 unspecified atom stereocenters. The molecule has 144 valence electrons. The van der Waals surface area contributed by atoms with E-state index < -0.39 is 0 Å². The molecule has 6 heteroatoms. The van der Waals surface area contributed by atoms with E-state index in [0.717, 1.165) is 11.1 Å². The van der Waals surface area contributed by atoms with Crippen LogP contribution in [0.3, 0.4) is 0 Å². The number of hydrogen-bond acceptors (Lipinski definition) is 3. The molecule has 0 radical (unpaired) electrons. The second kappa shape index (κ2) is 8.11. The zero-order valence-corrected chi connectivity index (χ0v) is 17.0. The minimum absolute atomic E-state index is 0.266. The summed E-state index contributed by atoms with van der Waals surface area (Å²) in [5.74, 6) is 0.693. The number of oxazole rings is 1. The number of benzene rings is 3. The maximum atomic E-state index is 12.9. The molecule has 0 atom stereocenters. The molecule has 0 saturated heterocycles. The second-order valence-corrected chi connectivity index (χ2v) is 7.37. The summed E-state index contributed by atoms with van der Waals surface area (Å²) in [7, 11) is 0. The summed E-state index contributed by atoms with van der Waals surface area (Å²) in [5, 5.41) is 4.11. The van der Waals surface area contributed by atoms with E-state index in [0.29, 0.717) is 38.5 Å². The van der Waals surface area contributed by atoms with Gasteiger partial charge in [-0.25, -0.2) is 4.98 Å². The average molecular weight is 423 g/mol. The van der Waals surface area contributed by atoms with Crippen LogP contribution in [0.5, 0.6) is 0 Å². The first-order valence-electron chi connectivity index (χ1n) is 8.90. The van der Waals surface area contributed by atoms with Crippen molar-refractivity contribution in [2.75, 3.05) is 5.32 Å². The van der Waals surface area contributed by atoms with Gasteiger partial charge in [0.25, 0.3) is 5.91 Å². The summed E-state index contributed by atoms with van der Waals surface area (Å²) in [5.41, 5.74) is 3.49. The van der Waals surface area contributed by atoms with E-state index in [1.807, 2.05) is 31.2 Å². The number of carbonyl (C=O) groups excluding carboxylic acids is 1.